The molecule has 1 unspecified atom stereocenters. The van der Waals surface area contributed by atoms with E-state index in [-0.39, 0.29) is 24.5 Å². The molecule has 1 aliphatic carbocycles. The van der Waals surface area contributed by atoms with Gasteiger partial charge in [0.15, 0.2) is 0 Å². The number of ether oxygens (including phenoxy) is 1. The van der Waals surface area contributed by atoms with Gasteiger partial charge >= 0.3 is 12.1 Å². The lowest BCUT2D eigenvalue weighted by Crippen LogP contribution is -2.33. The Bertz CT molecular complexity index is 803. The minimum atomic E-state index is -0.740. The van der Waals surface area contributed by atoms with Crippen LogP contribution in [0.25, 0.3) is 11.1 Å². The maximum absolute atomic E-state index is 12.2. The fraction of sp³-hybridized carbons (Fsp3) is 0.417. The maximum Gasteiger partial charge on any atom is 0.407 e. The molecular formula is C24H29NO4. The number of benzene rings is 2. The Labute approximate surface area is 172 Å². The topological polar surface area (TPSA) is 75.6 Å². The van der Waals surface area contributed by atoms with Gasteiger partial charge in [-0.25, -0.2) is 4.79 Å². The molecule has 0 fully saturated rings. The van der Waals surface area contributed by atoms with E-state index in [0.717, 1.165) is 25.7 Å². The van der Waals surface area contributed by atoms with E-state index in [1.54, 1.807) is 0 Å². The smallest absolute Gasteiger partial charge is 0.407 e. The van der Waals surface area contributed by atoms with Crippen molar-refractivity contribution in [2.24, 2.45) is 0 Å². The summed E-state index contributed by atoms with van der Waals surface area (Å²) in [5.41, 5.74) is 4.84. The molecule has 5 heteroatoms. The molecule has 1 aliphatic rings. The Morgan fingerprint density at radius 1 is 0.966 bits per heavy atom. The van der Waals surface area contributed by atoms with Gasteiger partial charge in [0.25, 0.3) is 0 Å². The van der Waals surface area contributed by atoms with E-state index < -0.39 is 5.97 Å². The Balaban J connectivity index is 1.43. The van der Waals surface area contributed by atoms with Gasteiger partial charge in [0.2, 0.25) is 0 Å². The zero-order chi connectivity index (χ0) is 20.6. The van der Waals surface area contributed by atoms with Crippen LogP contribution in [0.15, 0.2) is 48.5 Å². The molecule has 0 saturated heterocycles. The van der Waals surface area contributed by atoms with E-state index in [1.807, 2.05) is 31.2 Å². The van der Waals surface area contributed by atoms with Crippen molar-refractivity contribution in [2.45, 2.75) is 57.4 Å². The van der Waals surface area contributed by atoms with E-state index in [4.69, 9.17) is 9.84 Å². The van der Waals surface area contributed by atoms with E-state index in [0.29, 0.717) is 13.0 Å². The fourth-order valence-corrected chi connectivity index (χ4v) is 3.99. The van der Waals surface area contributed by atoms with Gasteiger partial charge in [-0.05, 0) is 42.0 Å². The molecule has 0 aromatic heterocycles. The number of alkyl carbamates (subject to hydrolysis) is 1. The Morgan fingerprint density at radius 2 is 1.55 bits per heavy atom. The fourth-order valence-electron chi connectivity index (χ4n) is 3.99. The Hall–Kier alpha value is -2.82. The molecule has 2 aromatic rings. The molecule has 2 N–H and O–H groups in total. The van der Waals surface area contributed by atoms with Crippen LogP contribution in [0.4, 0.5) is 4.79 Å². The number of hydrogen-bond acceptors (Lipinski definition) is 3. The van der Waals surface area contributed by atoms with Crippen molar-refractivity contribution in [3.63, 3.8) is 0 Å². The van der Waals surface area contributed by atoms with Gasteiger partial charge in [-0.3, -0.25) is 4.79 Å². The van der Waals surface area contributed by atoms with Crippen molar-refractivity contribution in [3.05, 3.63) is 59.7 Å². The van der Waals surface area contributed by atoms with Gasteiger partial charge in [-0.15, -0.1) is 0 Å². The molecule has 0 spiro atoms. The monoisotopic (exact) mass is 395 g/mol. The van der Waals surface area contributed by atoms with Crippen LogP contribution >= 0.6 is 0 Å². The first-order chi connectivity index (χ1) is 14.1. The summed E-state index contributed by atoms with van der Waals surface area (Å²) in [5.74, 6) is -0.673. The molecule has 1 amide bonds. The number of carbonyl (C=O) groups is 2. The zero-order valence-corrected chi connectivity index (χ0v) is 16.9. The Morgan fingerprint density at radius 3 is 2.17 bits per heavy atom. The van der Waals surface area contributed by atoms with Gasteiger partial charge in [0.05, 0.1) is 0 Å². The highest BCUT2D eigenvalue weighted by Gasteiger charge is 2.29. The summed E-state index contributed by atoms with van der Waals surface area (Å²) < 4.78 is 5.57. The number of carbonyl (C=O) groups excluding carboxylic acids is 1. The Kier molecular flexibility index (Phi) is 7.28. The van der Waals surface area contributed by atoms with Crippen LogP contribution in [0.1, 0.15) is 62.5 Å². The largest absolute Gasteiger partial charge is 0.481 e. The minimum absolute atomic E-state index is 0.0325. The molecule has 3 rings (SSSR count). The molecular weight excluding hydrogens is 366 g/mol. The second kappa shape index (κ2) is 10.1. The van der Waals surface area contributed by atoms with Crippen LogP contribution in [0.5, 0.6) is 0 Å². The van der Waals surface area contributed by atoms with E-state index in [9.17, 15) is 9.59 Å². The number of rotatable bonds is 10. The predicted octanol–water partition coefficient (Wildman–Crippen LogP) is 5.34. The average molecular weight is 395 g/mol. The van der Waals surface area contributed by atoms with E-state index >= 15 is 0 Å². The van der Waals surface area contributed by atoms with Crippen molar-refractivity contribution < 1.29 is 19.4 Å². The first kappa shape index (κ1) is 20.9. The third-order valence-corrected chi connectivity index (χ3v) is 5.49. The van der Waals surface area contributed by atoms with Crippen molar-refractivity contribution in [1.29, 1.82) is 0 Å². The summed E-state index contributed by atoms with van der Waals surface area (Å²) in [4.78, 5) is 22.7. The van der Waals surface area contributed by atoms with Gasteiger partial charge < -0.3 is 15.2 Å². The molecule has 0 radical (unpaired) electrons. The van der Waals surface area contributed by atoms with Crippen molar-refractivity contribution in [1.82, 2.24) is 5.32 Å². The maximum atomic E-state index is 12.2. The summed E-state index contributed by atoms with van der Waals surface area (Å²) in [6.07, 6.45) is 4.26. The van der Waals surface area contributed by atoms with Crippen molar-refractivity contribution in [3.8, 4) is 11.1 Å². The number of nitrogens with one attached hydrogen (secondary N) is 1. The number of carboxylic acid groups (broad SMARTS) is 1. The van der Waals surface area contributed by atoms with Crippen LogP contribution in [0, 0.1) is 0 Å². The normalized spacial score (nSPS) is 13.4. The molecule has 154 valence electrons. The SMILES string of the molecule is CC(CCCCCCC(=O)O)NC(=O)OCC1c2ccccc2-c2ccccc21. The first-order valence-electron chi connectivity index (χ1n) is 10.4. The van der Waals surface area contributed by atoms with E-state index in [1.165, 1.54) is 22.3 Å². The van der Waals surface area contributed by atoms with Crippen molar-refractivity contribution >= 4 is 12.1 Å². The van der Waals surface area contributed by atoms with Crippen LogP contribution in [0.3, 0.4) is 0 Å². The molecule has 29 heavy (non-hydrogen) atoms. The number of fused-ring (bicyclic) bond motifs is 3. The summed E-state index contributed by atoms with van der Waals surface area (Å²) >= 11 is 0. The minimum Gasteiger partial charge on any atom is -0.481 e. The lowest BCUT2D eigenvalue weighted by atomic mass is 9.98. The quantitative estimate of drug-likeness (QED) is 0.533. The number of aliphatic carboxylic acids is 1. The predicted molar refractivity (Wildman–Crippen MR) is 113 cm³/mol. The van der Waals surface area contributed by atoms with E-state index in [2.05, 4.69) is 29.6 Å². The standard InChI is InChI=1S/C24H29NO4/c1-17(10-4-2-3-5-15-23(26)27)25-24(28)29-16-22-20-13-8-6-11-18(20)19-12-7-9-14-21(19)22/h6-9,11-14,17,22H,2-5,10,15-16H2,1H3,(H,25,28)(H,26,27). The first-order valence-corrected chi connectivity index (χ1v) is 10.4. The molecule has 2 aromatic carbocycles. The summed E-state index contributed by atoms with van der Waals surface area (Å²) in [7, 11) is 0. The molecule has 0 saturated carbocycles. The van der Waals surface area contributed by atoms with Crippen LogP contribution in [0.2, 0.25) is 0 Å². The summed E-state index contributed by atoms with van der Waals surface area (Å²) in [6, 6.07) is 16.6. The third kappa shape index (κ3) is 5.59. The van der Waals surface area contributed by atoms with Gasteiger partial charge in [0.1, 0.15) is 6.61 Å². The summed E-state index contributed by atoms with van der Waals surface area (Å²) in [6.45, 7) is 2.29. The average Bonchev–Trinajstić information content (AvgIpc) is 3.03. The molecule has 0 heterocycles. The second-order valence-electron chi connectivity index (χ2n) is 7.72. The third-order valence-electron chi connectivity index (χ3n) is 5.49. The number of unbranched alkanes of at least 4 members (excludes halogenated alkanes) is 3. The van der Waals surface area contributed by atoms with Gasteiger partial charge in [-0.1, -0.05) is 67.8 Å². The van der Waals surface area contributed by atoms with Gasteiger partial charge in [0, 0.05) is 18.4 Å². The highest BCUT2D eigenvalue weighted by molar-refractivity contribution is 5.79. The zero-order valence-electron chi connectivity index (χ0n) is 16.9. The van der Waals surface area contributed by atoms with Crippen LogP contribution < -0.4 is 5.32 Å². The highest BCUT2D eigenvalue weighted by atomic mass is 16.5. The molecule has 1 atom stereocenters. The number of hydrogen-bond donors (Lipinski definition) is 2. The van der Waals surface area contributed by atoms with Crippen molar-refractivity contribution in [2.75, 3.05) is 6.61 Å². The second-order valence-corrected chi connectivity index (χ2v) is 7.72. The van der Waals surface area contributed by atoms with Crippen LogP contribution in [-0.2, 0) is 9.53 Å². The molecule has 5 nitrogen and oxygen atoms in total. The lowest BCUT2D eigenvalue weighted by molar-refractivity contribution is -0.137. The number of carboxylic acids is 1. The number of amides is 1. The van der Waals surface area contributed by atoms with Gasteiger partial charge in [-0.2, -0.15) is 0 Å². The highest BCUT2D eigenvalue weighted by Crippen LogP contribution is 2.44. The molecule has 0 aliphatic heterocycles. The summed E-state index contributed by atoms with van der Waals surface area (Å²) in [5, 5.41) is 11.5. The lowest BCUT2D eigenvalue weighted by Gasteiger charge is -2.17. The van der Waals surface area contributed by atoms with Crippen LogP contribution in [-0.4, -0.2) is 29.8 Å². The molecule has 0 bridgehead atoms.